The van der Waals surface area contributed by atoms with Crippen molar-refractivity contribution in [2.75, 3.05) is 13.2 Å². The van der Waals surface area contributed by atoms with Crippen molar-refractivity contribution in [3.8, 4) is 0 Å². The second-order valence-corrected chi connectivity index (χ2v) is 10.1. The second kappa shape index (κ2) is 7.89. The Labute approximate surface area is 158 Å². The number of carbonyl (C=O) groups is 1. The molecule has 4 fully saturated rings. The van der Waals surface area contributed by atoms with Crippen LogP contribution in [-0.4, -0.2) is 33.1 Å². The maximum absolute atomic E-state index is 12.6. The molecule has 0 atom stereocenters. The normalized spacial score (nSPS) is 32.6. The van der Waals surface area contributed by atoms with Crippen molar-refractivity contribution in [3.63, 3.8) is 0 Å². The minimum Gasteiger partial charge on any atom is -0.465 e. The van der Waals surface area contributed by atoms with Gasteiger partial charge in [0.05, 0.1) is 18.6 Å². The third kappa shape index (κ3) is 4.78. The molecule has 0 aromatic carbocycles. The number of hydrogen-bond donors (Lipinski definition) is 0. The van der Waals surface area contributed by atoms with Gasteiger partial charge in [-0.25, -0.2) is 0 Å². The number of halogens is 3. The fraction of sp³-hybridized carbons (Fsp3) is 0.944. The molecule has 5 nitrogen and oxygen atoms in total. The van der Waals surface area contributed by atoms with Gasteiger partial charge in [0.15, 0.2) is 0 Å². The van der Waals surface area contributed by atoms with Crippen LogP contribution in [0.5, 0.6) is 0 Å². The first-order chi connectivity index (χ1) is 12.6. The Kier molecular flexibility index (Phi) is 6.11. The highest BCUT2D eigenvalue weighted by Gasteiger charge is 2.55. The summed E-state index contributed by atoms with van der Waals surface area (Å²) in [5, 5.41) is 0. The maximum Gasteiger partial charge on any atom is 0.523 e. The minimum atomic E-state index is -5.50. The van der Waals surface area contributed by atoms with Crippen LogP contribution >= 0.6 is 0 Å². The van der Waals surface area contributed by atoms with Gasteiger partial charge < -0.3 is 4.74 Å². The number of carbonyl (C=O) groups excluding carboxylic acids is 1. The van der Waals surface area contributed by atoms with Crippen molar-refractivity contribution in [1.82, 2.24) is 0 Å². The SMILES string of the molecule is O=C(OCCCCCCOS(=O)(=O)C(F)(F)F)C12CC3CC(CC(C3)C1)C2. The third-order valence-electron chi connectivity index (χ3n) is 6.27. The molecule has 4 bridgehead atoms. The van der Waals surface area contributed by atoms with Gasteiger partial charge in [0, 0.05) is 0 Å². The van der Waals surface area contributed by atoms with E-state index in [-0.39, 0.29) is 17.8 Å². The summed E-state index contributed by atoms with van der Waals surface area (Å²) >= 11 is 0. The van der Waals surface area contributed by atoms with Crippen molar-refractivity contribution in [1.29, 1.82) is 0 Å². The predicted octanol–water partition coefficient (Wildman–Crippen LogP) is 4.17. The largest absolute Gasteiger partial charge is 0.523 e. The van der Waals surface area contributed by atoms with Gasteiger partial charge in [-0.1, -0.05) is 6.42 Å². The molecule has 0 aromatic rings. The van der Waals surface area contributed by atoms with E-state index in [1.165, 1.54) is 19.3 Å². The van der Waals surface area contributed by atoms with E-state index >= 15 is 0 Å². The summed E-state index contributed by atoms with van der Waals surface area (Å²) in [5.41, 5.74) is -5.65. The van der Waals surface area contributed by atoms with Crippen molar-refractivity contribution in [2.45, 2.75) is 69.7 Å². The first-order valence-corrected chi connectivity index (χ1v) is 11.1. The molecule has 0 amide bonds. The Morgan fingerprint density at radius 3 is 1.85 bits per heavy atom. The number of hydrogen-bond acceptors (Lipinski definition) is 5. The highest BCUT2D eigenvalue weighted by atomic mass is 32.2. The Morgan fingerprint density at radius 1 is 0.889 bits per heavy atom. The van der Waals surface area contributed by atoms with Crippen LogP contribution in [0.4, 0.5) is 13.2 Å². The molecule has 27 heavy (non-hydrogen) atoms. The molecule has 0 N–H and O–H groups in total. The molecular weight excluding hydrogens is 385 g/mol. The lowest BCUT2D eigenvalue weighted by Crippen LogP contribution is -2.50. The maximum atomic E-state index is 12.6. The summed E-state index contributed by atoms with van der Waals surface area (Å²) in [7, 11) is -5.50. The molecule has 156 valence electrons. The van der Waals surface area contributed by atoms with E-state index < -0.39 is 22.2 Å². The third-order valence-corrected chi connectivity index (χ3v) is 7.31. The molecule has 0 aromatic heterocycles. The van der Waals surface area contributed by atoms with Crippen LogP contribution in [0.1, 0.15) is 64.2 Å². The van der Waals surface area contributed by atoms with E-state index in [0.717, 1.165) is 19.3 Å². The summed E-state index contributed by atoms with van der Waals surface area (Å²) in [6.45, 7) is -0.183. The van der Waals surface area contributed by atoms with Gasteiger partial charge in [0.25, 0.3) is 0 Å². The molecule has 0 unspecified atom stereocenters. The second-order valence-electron chi connectivity index (χ2n) is 8.47. The highest BCUT2D eigenvalue weighted by Crippen LogP contribution is 2.60. The zero-order valence-electron chi connectivity index (χ0n) is 15.3. The molecule has 4 aliphatic rings. The molecule has 9 heteroatoms. The van der Waals surface area contributed by atoms with Gasteiger partial charge in [0.1, 0.15) is 0 Å². The standard InChI is InChI=1S/C18H27F3O5S/c19-18(20,21)27(23,24)26-6-4-2-1-3-5-25-16(22)17-10-13-7-14(11-17)9-15(8-13)12-17/h13-15H,1-12H2. The zero-order valence-corrected chi connectivity index (χ0v) is 16.1. The Hall–Kier alpha value is -0.830. The van der Waals surface area contributed by atoms with Gasteiger partial charge in [-0.2, -0.15) is 21.6 Å². The van der Waals surface area contributed by atoms with Crippen LogP contribution in [0.2, 0.25) is 0 Å². The molecule has 0 saturated heterocycles. The van der Waals surface area contributed by atoms with Crippen LogP contribution in [0.25, 0.3) is 0 Å². The number of alkyl halides is 3. The molecular formula is C18H27F3O5S. The molecule has 0 aliphatic heterocycles. The monoisotopic (exact) mass is 412 g/mol. The molecule has 0 radical (unpaired) electrons. The van der Waals surface area contributed by atoms with Gasteiger partial charge in [0.2, 0.25) is 0 Å². The summed E-state index contributed by atoms with van der Waals surface area (Å²) < 4.78 is 67.2. The van der Waals surface area contributed by atoms with Crippen LogP contribution in [0.3, 0.4) is 0 Å². The average molecular weight is 412 g/mol. The first kappa shape index (κ1) is 20.9. The van der Waals surface area contributed by atoms with E-state index in [0.29, 0.717) is 43.6 Å². The van der Waals surface area contributed by atoms with Crippen LogP contribution < -0.4 is 0 Å². The van der Waals surface area contributed by atoms with E-state index in [1.54, 1.807) is 0 Å². The molecule has 0 heterocycles. The van der Waals surface area contributed by atoms with Gasteiger partial charge in [-0.3, -0.25) is 8.98 Å². The van der Waals surface area contributed by atoms with Gasteiger partial charge in [-0.05, 0) is 75.5 Å². The van der Waals surface area contributed by atoms with Gasteiger partial charge in [-0.15, -0.1) is 0 Å². The molecule has 0 spiro atoms. The summed E-state index contributed by atoms with van der Waals surface area (Å²) in [5.74, 6) is 1.96. The highest BCUT2D eigenvalue weighted by molar-refractivity contribution is 7.87. The number of esters is 1. The first-order valence-electron chi connectivity index (χ1n) is 9.74. The summed E-state index contributed by atoms with van der Waals surface area (Å²) in [6, 6.07) is 0. The number of ether oxygens (including phenoxy) is 1. The summed E-state index contributed by atoms with van der Waals surface area (Å²) in [6.07, 6.45) is 8.65. The minimum absolute atomic E-state index is 0.0683. The van der Waals surface area contributed by atoms with Crippen LogP contribution in [0, 0.1) is 23.2 Å². The average Bonchev–Trinajstić information content (AvgIpc) is 2.54. The number of rotatable bonds is 9. The molecule has 4 aliphatic carbocycles. The van der Waals surface area contributed by atoms with Crippen LogP contribution in [-0.2, 0) is 23.8 Å². The van der Waals surface area contributed by atoms with Crippen molar-refractivity contribution >= 4 is 16.1 Å². The van der Waals surface area contributed by atoms with E-state index in [1.807, 2.05) is 0 Å². The number of unbranched alkanes of at least 4 members (excludes halogenated alkanes) is 3. The van der Waals surface area contributed by atoms with E-state index in [4.69, 9.17) is 4.74 Å². The fourth-order valence-electron chi connectivity index (χ4n) is 5.47. The Bertz CT molecular complexity index is 609. The summed E-state index contributed by atoms with van der Waals surface area (Å²) in [4.78, 5) is 12.6. The van der Waals surface area contributed by atoms with Crippen molar-refractivity contribution in [3.05, 3.63) is 0 Å². The van der Waals surface area contributed by atoms with E-state index in [2.05, 4.69) is 4.18 Å². The van der Waals surface area contributed by atoms with Crippen molar-refractivity contribution < 1.29 is 35.3 Å². The molecule has 4 rings (SSSR count). The quantitative estimate of drug-likeness (QED) is 0.246. The molecule has 4 saturated carbocycles. The lowest BCUT2D eigenvalue weighted by Gasteiger charge is -2.55. The van der Waals surface area contributed by atoms with E-state index in [9.17, 15) is 26.4 Å². The smallest absolute Gasteiger partial charge is 0.465 e. The Balaban J connectivity index is 1.28. The fourth-order valence-corrected chi connectivity index (χ4v) is 5.94. The topological polar surface area (TPSA) is 69.7 Å². The van der Waals surface area contributed by atoms with Crippen LogP contribution in [0.15, 0.2) is 0 Å². The predicted molar refractivity (Wildman–Crippen MR) is 91.0 cm³/mol. The zero-order chi connectivity index (χ0) is 19.7. The van der Waals surface area contributed by atoms with Crippen molar-refractivity contribution in [2.24, 2.45) is 23.2 Å². The Morgan fingerprint density at radius 2 is 1.37 bits per heavy atom. The lowest BCUT2D eigenvalue weighted by molar-refractivity contribution is -0.171. The lowest BCUT2D eigenvalue weighted by atomic mass is 9.49. The van der Waals surface area contributed by atoms with Gasteiger partial charge >= 0.3 is 21.6 Å².